The zero-order valence-corrected chi connectivity index (χ0v) is 12.8. The van der Waals surface area contributed by atoms with Gasteiger partial charge in [0.2, 0.25) is 17.7 Å². The van der Waals surface area contributed by atoms with Gasteiger partial charge in [0, 0.05) is 6.04 Å². The van der Waals surface area contributed by atoms with Gasteiger partial charge >= 0.3 is 0 Å². The minimum atomic E-state index is -0.645. The molecule has 1 saturated carbocycles. The molecule has 1 rings (SSSR count). The molecular weight excluding hydrogens is 272 g/mol. The van der Waals surface area contributed by atoms with Crippen LogP contribution in [-0.2, 0) is 14.4 Å². The molecule has 1 aliphatic carbocycles. The molecule has 1 fully saturated rings. The number of nitrogens with two attached hydrogens (primary N) is 2. The van der Waals surface area contributed by atoms with Crippen LogP contribution in [0.3, 0.4) is 0 Å². The molecule has 0 aromatic carbocycles. The van der Waals surface area contributed by atoms with Gasteiger partial charge < -0.3 is 21.7 Å². The number of amides is 3. The Morgan fingerprint density at radius 3 is 2.29 bits per heavy atom. The van der Waals surface area contributed by atoms with Crippen molar-refractivity contribution in [1.82, 2.24) is 10.2 Å². The van der Waals surface area contributed by atoms with E-state index in [0.29, 0.717) is 0 Å². The van der Waals surface area contributed by atoms with E-state index in [1.807, 2.05) is 13.8 Å². The van der Waals surface area contributed by atoms with E-state index in [4.69, 9.17) is 11.5 Å². The second-order valence-electron chi connectivity index (χ2n) is 5.91. The van der Waals surface area contributed by atoms with Gasteiger partial charge in [-0.25, -0.2) is 0 Å². The van der Waals surface area contributed by atoms with E-state index in [1.54, 1.807) is 0 Å². The average molecular weight is 298 g/mol. The van der Waals surface area contributed by atoms with Crippen LogP contribution < -0.4 is 16.8 Å². The van der Waals surface area contributed by atoms with E-state index in [9.17, 15) is 14.4 Å². The Balaban J connectivity index is 2.56. The number of hydrogen-bond acceptors (Lipinski definition) is 4. The number of nitrogens with zero attached hydrogens (tertiary/aromatic N) is 1. The van der Waals surface area contributed by atoms with E-state index >= 15 is 0 Å². The van der Waals surface area contributed by atoms with E-state index in [2.05, 4.69) is 5.32 Å². The van der Waals surface area contributed by atoms with Gasteiger partial charge in [-0.2, -0.15) is 0 Å². The minimum absolute atomic E-state index is 0.00310. The molecule has 120 valence electrons. The van der Waals surface area contributed by atoms with Crippen molar-refractivity contribution < 1.29 is 14.4 Å². The summed E-state index contributed by atoms with van der Waals surface area (Å²) in [5, 5.41) is 2.53. The first-order valence-electron chi connectivity index (χ1n) is 7.44. The van der Waals surface area contributed by atoms with Crippen LogP contribution in [0.25, 0.3) is 0 Å². The topological polar surface area (TPSA) is 119 Å². The van der Waals surface area contributed by atoms with Gasteiger partial charge in [0.05, 0.1) is 19.1 Å². The second kappa shape index (κ2) is 7.97. The van der Waals surface area contributed by atoms with Crippen LogP contribution in [0.5, 0.6) is 0 Å². The molecule has 1 aliphatic rings. The summed E-state index contributed by atoms with van der Waals surface area (Å²) in [7, 11) is 0. The molecule has 7 nitrogen and oxygen atoms in total. The molecule has 0 spiro atoms. The molecule has 0 unspecified atom stereocenters. The van der Waals surface area contributed by atoms with E-state index in [0.717, 1.165) is 25.7 Å². The molecule has 0 aliphatic heterocycles. The number of carbonyl (C=O) groups excluding carboxylic acids is 3. The SMILES string of the molecule is CC(C)[C@H](N)C(=O)NCC(=O)N(CC(N)=O)C1CCCC1. The first-order chi connectivity index (χ1) is 9.82. The summed E-state index contributed by atoms with van der Waals surface area (Å²) in [6.07, 6.45) is 3.83. The Morgan fingerprint density at radius 1 is 1.24 bits per heavy atom. The van der Waals surface area contributed by atoms with Crippen molar-refractivity contribution in [3.8, 4) is 0 Å². The smallest absolute Gasteiger partial charge is 0.242 e. The minimum Gasteiger partial charge on any atom is -0.368 e. The van der Waals surface area contributed by atoms with Gasteiger partial charge in [-0.15, -0.1) is 0 Å². The third-order valence-electron chi connectivity index (χ3n) is 3.85. The summed E-state index contributed by atoms with van der Waals surface area (Å²) in [5.41, 5.74) is 10.9. The maximum atomic E-state index is 12.2. The first-order valence-corrected chi connectivity index (χ1v) is 7.44. The summed E-state index contributed by atoms with van der Waals surface area (Å²) < 4.78 is 0. The lowest BCUT2D eigenvalue weighted by Crippen LogP contribution is -2.51. The molecular formula is C14H26N4O3. The lowest BCUT2D eigenvalue weighted by atomic mass is 10.1. The summed E-state index contributed by atoms with van der Waals surface area (Å²) in [6, 6.07) is -0.602. The lowest BCUT2D eigenvalue weighted by molar-refractivity contribution is -0.138. The van der Waals surface area contributed by atoms with Crippen molar-refractivity contribution in [2.24, 2.45) is 17.4 Å². The fraction of sp³-hybridized carbons (Fsp3) is 0.786. The number of rotatable bonds is 7. The molecule has 0 radical (unpaired) electrons. The van der Waals surface area contributed by atoms with E-state index in [-0.39, 0.29) is 36.9 Å². The van der Waals surface area contributed by atoms with Crippen LogP contribution in [0, 0.1) is 5.92 Å². The highest BCUT2D eigenvalue weighted by molar-refractivity contribution is 5.89. The highest BCUT2D eigenvalue weighted by Gasteiger charge is 2.28. The predicted molar refractivity (Wildman–Crippen MR) is 79.0 cm³/mol. The summed E-state index contributed by atoms with van der Waals surface area (Å²) >= 11 is 0. The average Bonchev–Trinajstić information content (AvgIpc) is 2.94. The van der Waals surface area contributed by atoms with Crippen LogP contribution in [0.1, 0.15) is 39.5 Å². The number of nitrogens with one attached hydrogen (secondary N) is 1. The van der Waals surface area contributed by atoms with Crippen LogP contribution in [-0.4, -0.2) is 47.8 Å². The standard InChI is InChI=1S/C14H26N4O3/c1-9(2)13(16)14(21)17-7-12(20)18(8-11(15)19)10-5-3-4-6-10/h9-10,13H,3-8,16H2,1-2H3,(H2,15,19)(H,17,21)/t13-/m0/s1. The Kier molecular flexibility index (Phi) is 6.61. The molecule has 0 aromatic heterocycles. The second-order valence-corrected chi connectivity index (χ2v) is 5.91. The van der Waals surface area contributed by atoms with Gasteiger partial charge in [0.25, 0.3) is 0 Å². The van der Waals surface area contributed by atoms with E-state index < -0.39 is 11.9 Å². The highest BCUT2D eigenvalue weighted by Crippen LogP contribution is 2.23. The van der Waals surface area contributed by atoms with Crippen molar-refractivity contribution in [3.05, 3.63) is 0 Å². The van der Waals surface area contributed by atoms with Gasteiger partial charge in [0.15, 0.2) is 0 Å². The normalized spacial score (nSPS) is 16.8. The van der Waals surface area contributed by atoms with Crippen molar-refractivity contribution in [2.45, 2.75) is 51.6 Å². The number of carbonyl (C=O) groups is 3. The van der Waals surface area contributed by atoms with Crippen LogP contribution in [0.15, 0.2) is 0 Å². The predicted octanol–water partition coefficient (Wildman–Crippen LogP) is -0.658. The molecule has 0 saturated heterocycles. The molecule has 5 N–H and O–H groups in total. The van der Waals surface area contributed by atoms with Crippen molar-refractivity contribution in [2.75, 3.05) is 13.1 Å². The van der Waals surface area contributed by atoms with Crippen molar-refractivity contribution >= 4 is 17.7 Å². The Morgan fingerprint density at radius 2 is 1.81 bits per heavy atom. The summed E-state index contributed by atoms with van der Waals surface area (Å²) in [5.74, 6) is -1.19. The van der Waals surface area contributed by atoms with Crippen molar-refractivity contribution in [3.63, 3.8) is 0 Å². The molecule has 0 bridgehead atoms. The molecule has 3 amide bonds. The third kappa shape index (κ3) is 5.34. The first kappa shape index (κ1) is 17.4. The van der Waals surface area contributed by atoms with Crippen LogP contribution in [0.4, 0.5) is 0 Å². The summed E-state index contributed by atoms with van der Waals surface area (Å²) in [4.78, 5) is 36.6. The zero-order chi connectivity index (χ0) is 16.0. The fourth-order valence-corrected chi connectivity index (χ4v) is 2.49. The largest absolute Gasteiger partial charge is 0.368 e. The number of hydrogen-bond donors (Lipinski definition) is 3. The van der Waals surface area contributed by atoms with Gasteiger partial charge in [0.1, 0.15) is 0 Å². The third-order valence-corrected chi connectivity index (χ3v) is 3.85. The van der Waals surface area contributed by atoms with Crippen molar-refractivity contribution in [1.29, 1.82) is 0 Å². The van der Waals surface area contributed by atoms with Gasteiger partial charge in [-0.3, -0.25) is 14.4 Å². The van der Waals surface area contributed by atoms with Crippen LogP contribution >= 0.6 is 0 Å². The highest BCUT2D eigenvalue weighted by atomic mass is 16.2. The Labute approximate surface area is 125 Å². The Bertz CT molecular complexity index is 392. The lowest BCUT2D eigenvalue weighted by Gasteiger charge is -2.28. The maximum absolute atomic E-state index is 12.2. The molecule has 0 aromatic rings. The monoisotopic (exact) mass is 298 g/mol. The van der Waals surface area contributed by atoms with E-state index in [1.165, 1.54) is 4.90 Å². The molecule has 1 atom stereocenters. The molecule has 7 heteroatoms. The van der Waals surface area contributed by atoms with Gasteiger partial charge in [-0.1, -0.05) is 26.7 Å². The maximum Gasteiger partial charge on any atom is 0.242 e. The molecule has 21 heavy (non-hydrogen) atoms. The van der Waals surface area contributed by atoms with Crippen LogP contribution in [0.2, 0.25) is 0 Å². The Hall–Kier alpha value is -1.63. The fourth-order valence-electron chi connectivity index (χ4n) is 2.49. The molecule has 0 heterocycles. The summed E-state index contributed by atoms with van der Waals surface area (Å²) in [6.45, 7) is 3.42. The van der Waals surface area contributed by atoms with Gasteiger partial charge in [-0.05, 0) is 18.8 Å². The zero-order valence-electron chi connectivity index (χ0n) is 12.8. The quantitative estimate of drug-likeness (QED) is 0.578. The number of primary amides is 1.